The normalized spacial score (nSPS) is 9.86. The number of nitriles is 1. The van der Waals surface area contributed by atoms with Gasteiger partial charge in [0.25, 0.3) is 0 Å². The van der Waals surface area contributed by atoms with Gasteiger partial charge in [-0.1, -0.05) is 17.3 Å². The quantitative estimate of drug-likeness (QED) is 0.839. The average molecular weight is 299 g/mol. The Bertz CT molecular complexity index is 760. The zero-order valence-corrected chi connectivity index (χ0v) is 12.0. The van der Waals surface area contributed by atoms with Crippen molar-refractivity contribution in [2.45, 2.75) is 13.5 Å². The van der Waals surface area contributed by atoms with Crippen LogP contribution in [0.5, 0.6) is 0 Å². The van der Waals surface area contributed by atoms with Gasteiger partial charge in [0.05, 0.1) is 24.1 Å². The van der Waals surface area contributed by atoms with Crippen LogP contribution in [0.2, 0.25) is 0 Å². The van der Waals surface area contributed by atoms with E-state index in [0.717, 1.165) is 0 Å². The molecule has 2 rings (SSSR count). The molecule has 0 atom stereocenters. The summed E-state index contributed by atoms with van der Waals surface area (Å²) < 4.78 is 5.97. The molecule has 0 aliphatic rings. The van der Waals surface area contributed by atoms with Crippen LogP contribution in [0.1, 0.15) is 21.7 Å². The molecule has 112 valence electrons. The SMILES string of the molecule is COC(=O)c1ccccc1NC(=O)Cn1nnc(C#N)c1C. The number of nitrogens with one attached hydrogen (secondary N) is 1. The molecular formula is C14H13N5O3. The summed E-state index contributed by atoms with van der Waals surface area (Å²) >= 11 is 0. The zero-order valence-electron chi connectivity index (χ0n) is 12.0. The van der Waals surface area contributed by atoms with Crippen LogP contribution in [-0.4, -0.2) is 34.0 Å². The molecule has 1 N–H and O–H groups in total. The molecule has 22 heavy (non-hydrogen) atoms. The summed E-state index contributed by atoms with van der Waals surface area (Å²) in [5.41, 5.74) is 1.27. The number of anilines is 1. The lowest BCUT2D eigenvalue weighted by Gasteiger charge is -2.09. The van der Waals surface area contributed by atoms with Gasteiger partial charge in [-0.05, 0) is 19.1 Å². The van der Waals surface area contributed by atoms with E-state index in [0.29, 0.717) is 11.4 Å². The van der Waals surface area contributed by atoms with E-state index in [-0.39, 0.29) is 17.8 Å². The van der Waals surface area contributed by atoms with E-state index in [1.165, 1.54) is 11.8 Å². The van der Waals surface area contributed by atoms with Crippen LogP contribution in [0.4, 0.5) is 5.69 Å². The summed E-state index contributed by atoms with van der Waals surface area (Å²) in [6.07, 6.45) is 0. The third kappa shape index (κ3) is 3.09. The predicted molar refractivity (Wildman–Crippen MR) is 75.9 cm³/mol. The highest BCUT2D eigenvalue weighted by atomic mass is 16.5. The first-order chi connectivity index (χ1) is 10.6. The molecule has 1 amide bonds. The standard InChI is InChI=1S/C14H13N5O3/c1-9-12(7-15)17-18-19(9)8-13(20)16-11-6-4-3-5-10(11)14(21)22-2/h3-6H,8H2,1-2H3,(H,16,20). The minimum absolute atomic E-state index is 0.115. The fraction of sp³-hybridized carbons (Fsp3) is 0.214. The molecule has 8 heteroatoms. The van der Waals surface area contributed by atoms with E-state index in [9.17, 15) is 9.59 Å². The monoisotopic (exact) mass is 299 g/mol. The number of para-hydroxylation sites is 1. The van der Waals surface area contributed by atoms with E-state index < -0.39 is 11.9 Å². The number of benzene rings is 1. The van der Waals surface area contributed by atoms with Crippen molar-refractivity contribution in [3.63, 3.8) is 0 Å². The van der Waals surface area contributed by atoms with Gasteiger partial charge in [-0.2, -0.15) is 5.26 Å². The minimum Gasteiger partial charge on any atom is -0.465 e. The number of rotatable bonds is 4. The van der Waals surface area contributed by atoms with Crippen molar-refractivity contribution < 1.29 is 14.3 Å². The molecule has 1 heterocycles. The van der Waals surface area contributed by atoms with E-state index in [1.54, 1.807) is 31.2 Å². The van der Waals surface area contributed by atoms with Crippen LogP contribution >= 0.6 is 0 Å². The first kappa shape index (κ1) is 15.2. The molecule has 0 saturated heterocycles. The summed E-state index contributed by atoms with van der Waals surface area (Å²) in [6, 6.07) is 8.39. The maximum atomic E-state index is 12.1. The minimum atomic E-state index is -0.542. The maximum absolute atomic E-state index is 12.1. The van der Waals surface area contributed by atoms with E-state index in [1.807, 2.05) is 6.07 Å². The van der Waals surface area contributed by atoms with E-state index >= 15 is 0 Å². The molecule has 1 aromatic heterocycles. The van der Waals surface area contributed by atoms with Crippen molar-refractivity contribution in [2.75, 3.05) is 12.4 Å². The number of hydrogen-bond donors (Lipinski definition) is 1. The smallest absolute Gasteiger partial charge is 0.339 e. The summed E-state index contributed by atoms with van der Waals surface area (Å²) in [6.45, 7) is 1.53. The van der Waals surface area contributed by atoms with Crippen LogP contribution in [0.3, 0.4) is 0 Å². The van der Waals surface area contributed by atoms with Crippen molar-refractivity contribution in [1.29, 1.82) is 5.26 Å². The average Bonchev–Trinajstić information content (AvgIpc) is 2.87. The molecule has 0 fully saturated rings. The second-order valence-corrected chi connectivity index (χ2v) is 4.38. The Kier molecular flexibility index (Phi) is 4.48. The highest BCUT2D eigenvalue weighted by Crippen LogP contribution is 2.16. The van der Waals surface area contributed by atoms with Crippen LogP contribution in [-0.2, 0) is 16.1 Å². The summed E-state index contributed by atoms with van der Waals surface area (Å²) in [4.78, 5) is 23.7. The van der Waals surface area contributed by atoms with Crippen molar-refractivity contribution in [2.24, 2.45) is 0 Å². The lowest BCUT2D eigenvalue weighted by atomic mass is 10.2. The number of nitrogens with zero attached hydrogens (tertiary/aromatic N) is 4. The predicted octanol–water partition coefficient (Wildman–Crippen LogP) is 0.883. The second kappa shape index (κ2) is 6.49. The first-order valence-electron chi connectivity index (χ1n) is 6.34. The van der Waals surface area contributed by atoms with Gasteiger partial charge in [-0.25, -0.2) is 9.48 Å². The lowest BCUT2D eigenvalue weighted by Crippen LogP contribution is -2.21. The molecule has 0 bridgehead atoms. The van der Waals surface area contributed by atoms with Crippen molar-refractivity contribution in [1.82, 2.24) is 15.0 Å². The summed E-state index contributed by atoms with van der Waals surface area (Å²) in [5, 5.41) is 18.8. The highest BCUT2D eigenvalue weighted by Gasteiger charge is 2.15. The van der Waals surface area contributed by atoms with E-state index in [4.69, 9.17) is 5.26 Å². The van der Waals surface area contributed by atoms with Crippen LogP contribution < -0.4 is 5.32 Å². The van der Waals surface area contributed by atoms with Crippen LogP contribution in [0.15, 0.2) is 24.3 Å². The van der Waals surface area contributed by atoms with Gasteiger partial charge in [-0.3, -0.25) is 4.79 Å². The molecular weight excluding hydrogens is 286 g/mol. The number of ether oxygens (including phenoxy) is 1. The Morgan fingerprint density at radius 2 is 2.14 bits per heavy atom. The van der Waals surface area contributed by atoms with Crippen LogP contribution in [0, 0.1) is 18.3 Å². The topological polar surface area (TPSA) is 110 Å². The molecule has 2 aromatic rings. The summed E-state index contributed by atoms with van der Waals surface area (Å²) in [5.74, 6) is -0.937. The van der Waals surface area contributed by atoms with Crippen LogP contribution in [0.25, 0.3) is 0 Å². The van der Waals surface area contributed by atoms with Crippen molar-refractivity contribution in [3.05, 3.63) is 41.2 Å². The third-order valence-electron chi connectivity index (χ3n) is 2.99. The number of aromatic nitrogens is 3. The highest BCUT2D eigenvalue weighted by molar-refractivity contribution is 6.01. The molecule has 8 nitrogen and oxygen atoms in total. The van der Waals surface area contributed by atoms with E-state index in [2.05, 4.69) is 20.4 Å². The number of hydrogen-bond acceptors (Lipinski definition) is 6. The molecule has 1 aromatic carbocycles. The third-order valence-corrected chi connectivity index (χ3v) is 2.99. The fourth-order valence-corrected chi connectivity index (χ4v) is 1.82. The lowest BCUT2D eigenvalue weighted by molar-refractivity contribution is -0.117. The Labute approximate surface area is 126 Å². The number of methoxy groups -OCH3 is 1. The van der Waals surface area contributed by atoms with Gasteiger partial charge in [0.15, 0.2) is 5.69 Å². The number of esters is 1. The van der Waals surface area contributed by atoms with Crippen molar-refractivity contribution >= 4 is 17.6 Å². The first-order valence-corrected chi connectivity index (χ1v) is 6.34. The molecule has 0 unspecified atom stereocenters. The molecule has 0 saturated carbocycles. The number of carbonyl (C=O) groups is 2. The zero-order chi connectivity index (χ0) is 16.1. The summed E-state index contributed by atoms with van der Waals surface area (Å²) in [7, 11) is 1.27. The largest absolute Gasteiger partial charge is 0.465 e. The number of carbonyl (C=O) groups excluding carboxylic acids is 2. The Morgan fingerprint density at radius 1 is 1.41 bits per heavy atom. The van der Waals surface area contributed by atoms with Gasteiger partial charge >= 0.3 is 5.97 Å². The molecule has 0 spiro atoms. The molecule has 0 aliphatic heterocycles. The molecule has 0 aliphatic carbocycles. The fourth-order valence-electron chi connectivity index (χ4n) is 1.82. The van der Waals surface area contributed by atoms with Gasteiger partial charge in [0.1, 0.15) is 12.6 Å². The molecule has 0 radical (unpaired) electrons. The van der Waals surface area contributed by atoms with Gasteiger partial charge < -0.3 is 10.1 Å². The maximum Gasteiger partial charge on any atom is 0.339 e. The van der Waals surface area contributed by atoms with Gasteiger partial charge in [0, 0.05) is 0 Å². The van der Waals surface area contributed by atoms with Gasteiger partial charge in [-0.15, -0.1) is 5.10 Å². The Hall–Kier alpha value is -3.21. The van der Waals surface area contributed by atoms with Crippen molar-refractivity contribution in [3.8, 4) is 6.07 Å². The Balaban J connectivity index is 2.14. The number of amides is 1. The second-order valence-electron chi connectivity index (χ2n) is 4.38. The van der Waals surface area contributed by atoms with Gasteiger partial charge in [0.2, 0.25) is 5.91 Å². The Morgan fingerprint density at radius 3 is 2.77 bits per heavy atom.